The van der Waals surface area contributed by atoms with Gasteiger partial charge in [0.1, 0.15) is 6.61 Å². The Morgan fingerprint density at radius 2 is 0.743 bits per heavy atom. The second-order valence-electron chi connectivity index (χ2n) is 18.8. The predicted octanol–water partition coefficient (Wildman–Crippen LogP) is 18.6. The molecule has 0 heterocycles. The summed E-state index contributed by atoms with van der Waals surface area (Å²) in [6.07, 6.45) is 82.2. The molecule has 2 atom stereocenters. The zero-order valence-electron chi connectivity index (χ0n) is 46.8. The van der Waals surface area contributed by atoms with Crippen LogP contribution in [-0.2, 0) is 32.7 Å². The Morgan fingerprint density at radius 1 is 0.419 bits per heavy atom. The number of unbranched alkanes of at least 4 members (excludes halogenated alkanes) is 18. The molecule has 0 aromatic carbocycles. The van der Waals surface area contributed by atoms with Gasteiger partial charge in [-0.25, -0.2) is 4.57 Å². The number of allylic oxidation sites excluding steroid dienone is 22. The van der Waals surface area contributed by atoms with Gasteiger partial charge in [-0.1, -0.05) is 231 Å². The van der Waals surface area contributed by atoms with Crippen LogP contribution in [0.1, 0.15) is 226 Å². The summed E-state index contributed by atoms with van der Waals surface area (Å²) >= 11 is 0. The SMILES string of the molecule is CC/C=C\C/C=C\C/C=C\C/C=C\C/C=C\C/C=C\C/C=C\C/C=C\C/C=C\C/C=C\CCCCCCCCCCC(=O)OC(COC(=O)CCCCCCC/C=C\CCCCCCC)COP(=O)(O)OCCN. The average Bonchev–Trinajstić information content (AvgIpc) is 3.39. The van der Waals surface area contributed by atoms with Crippen molar-refractivity contribution in [3.8, 4) is 0 Å². The highest BCUT2D eigenvalue weighted by atomic mass is 31.2. The maximum absolute atomic E-state index is 12.7. The Morgan fingerprint density at radius 3 is 1.12 bits per heavy atom. The normalized spacial score (nSPS) is 14.1. The highest BCUT2D eigenvalue weighted by Crippen LogP contribution is 2.43. The summed E-state index contributed by atoms with van der Waals surface area (Å²) in [6, 6.07) is 0. The van der Waals surface area contributed by atoms with Crippen LogP contribution in [0.25, 0.3) is 0 Å². The van der Waals surface area contributed by atoms with Crippen LogP contribution in [0.3, 0.4) is 0 Å². The van der Waals surface area contributed by atoms with Crippen molar-refractivity contribution < 1.29 is 37.6 Å². The fraction of sp³-hybridized carbons (Fsp3) is 0.625. The van der Waals surface area contributed by atoms with Crippen LogP contribution < -0.4 is 5.73 Å². The number of phosphoric acid groups is 1. The molecule has 0 aromatic heterocycles. The van der Waals surface area contributed by atoms with Crippen molar-refractivity contribution in [2.24, 2.45) is 5.73 Å². The van der Waals surface area contributed by atoms with E-state index >= 15 is 0 Å². The third-order valence-corrected chi connectivity index (χ3v) is 12.8. The average molecular weight is 1050 g/mol. The molecule has 3 N–H and O–H groups in total. The summed E-state index contributed by atoms with van der Waals surface area (Å²) in [5.41, 5.74) is 5.37. The van der Waals surface area contributed by atoms with Crippen molar-refractivity contribution in [3.05, 3.63) is 134 Å². The molecule has 420 valence electrons. The van der Waals surface area contributed by atoms with Crippen molar-refractivity contribution in [3.63, 3.8) is 0 Å². The molecule has 0 saturated carbocycles. The molecule has 10 heteroatoms. The molecule has 74 heavy (non-hydrogen) atoms. The third kappa shape index (κ3) is 57.4. The van der Waals surface area contributed by atoms with Gasteiger partial charge in [0.2, 0.25) is 0 Å². The molecule has 0 fully saturated rings. The van der Waals surface area contributed by atoms with E-state index in [-0.39, 0.29) is 32.6 Å². The van der Waals surface area contributed by atoms with Crippen LogP contribution in [0.15, 0.2) is 134 Å². The summed E-state index contributed by atoms with van der Waals surface area (Å²) in [5, 5.41) is 0. The number of hydrogen-bond acceptors (Lipinski definition) is 8. The van der Waals surface area contributed by atoms with Gasteiger partial charge in [0.15, 0.2) is 6.10 Å². The lowest BCUT2D eigenvalue weighted by Gasteiger charge is -2.19. The van der Waals surface area contributed by atoms with Crippen molar-refractivity contribution in [1.29, 1.82) is 0 Å². The van der Waals surface area contributed by atoms with E-state index in [1.54, 1.807) is 0 Å². The van der Waals surface area contributed by atoms with Crippen molar-refractivity contribution >= 4 is 19.8 Å². The first-order valence-electron chi connectivity index (χ1n) is 29.2. The number of rotatable bonds is 53. The van der Waals surface area contributed by atoms with Gasteiger partial charge in [-0.05, 0) is 116 Å². The number of hydrogen-bond donors (Lipinski definition) is 2. The van der Waals surface area contributed by atoms with Gasteiger partial charge >= 0.3 is 19.8 Å². The smallest absolute Gasteiger partial charge is 0.462 e. The summed E-state index contributed by atoms with van der Waals surface area (Å²) in [6.45, 7) is 3.58. The first-order valence-corrected chi connectivity index (χ1v) is 30.7. The van der Waals surface area contributed by atoms with E-state index < -0.39 is 32.5 Å². The van der Waals surface area contributed by atoms with Gasteiger partial charge in [-0.15, -0.1) is 0 Å². The maximum atomic E-state index is 12.7. The van der Waals surface area contributed by atoms with E-state index in [2.05, 4.69) is 148 Å². The van der Waals surface area contributed by atoms with E-state index in [1.165, 1.54) is 64.2 Å². The monoisotopic (exact) mass is 1050 g/mol. The number of ether oxygens (including phenoxy) is 2. The molecule has 0 aliphatic rings. The van der Waals surface area contributed by atoms with Crippen LogP contribution in [0.2, 0.25) is 0 Å². The van der Waals surface area contributed by atoms with Crippen molar-refractivity contribution in [1.82, 2.24) is 0 Å². The number of carbonyl (C=O) groups excluding carboxylic acids is 2. The molecule has 0 aliphatic carbocycles. The fourth-order valence-corrected chi connectivity index (χ4v) is 8.25. The predicted molar refractivity (Wildman–Crippen MR) is 316 cm³/mol. The minimum absolute atomic E-state index is 0.0449. The molecule has 0 aliphatic heterocycles. The quantitative estimate of drug-likeness (QED) is 0.0264. The molecule has 0 radical (unpaired) electrons. The standard InChI is InChI=1S/C64H106NO8P/c1-3-5-7-9-11-13-15-17-19-20-21-22-23-24-25-26-27-28-29-30-31-32-33-34-35-36-37-38-39-40-41-42-43-45-47-49-51-53-55-57-64(67)73-62(61-72-74(68,69)71-59-58-65)60-70-63(66)56-54-52-50-48-46-44-18-16-14-12-10-8-6-4-2/h5,7,11,13,16-19,21-22,24-25,27-28,30-31,33-34,36-37,39-40,62H,3-4,6,8-10,12,14-15,20,23,26,29,32,35,38,41-61,65H2,1-2H3,(H,68,69)/b7-5-,13-11-,18-16-,19-17-,22-21-,25-24-,28-27-,31-30-,34-33-,37-36-,40-39-. The molecule has 0 spiro atoms. The molecule has 0 bridgehead atoms. The third-order valence-electron chi connectivity index (χ3n) is 11.8. The Balaban J connectivity index is 4.00. The Labute approximate surface area is 453 Å². The number of nitrogens with two attached hydrogens (primary N) is 1. The van der Waals surface area contributed by atoms with Gasteiger partial charge in [0, 0.05) is 19.4 Å². The minimum Gasteiger partial charge on any atom is -0.462 e. The summed E-state index contributed by atoms with van der Waals surface area (Å²) in [5.74, 6) is -0.855. The second-order valence-corrected chi connectivity index (χ2v) is 20.2. The fourth-order valence-electron chi connectivity index (χ4n) is 7.48. The van der Waals surface area contributed by atoms with Crippen LogP contribution >= 0.6 is 7.82 Å². The molecule has 0 rings (SSSR count). The molecule has 2 unspecified atom stereocenters. The second kappa shape index (κ2) is 58.4. The number of esters is 2. The van der Waals surface area contributed by atoms with Gasteiger partial charge in [-0.3, -0.25) is 18.6 Å². The van der Waals surface area contributed by atoms with Gasteiger partial charge < -0.3 is 20.1 Å². The Bertz CT molecular complexity index is 1670. The van der Waals surface area contributed by atoms with Crippen LogP contribution in [0.4, 0.5) is 0 Å². The topological polar surface area (TPSA) is 134 Å². The van der Waals surface area contributed by atoms with Crippen molar-refractivity contribution in [2.75, 3.05) is 26.4 Å². The largest absolute Gasteiger partial charge is 0.472 e. The van der Waals surface area contributed by atoms with E-state index in [4.69, 9.17) is 24.3 Å². The van der Waals surface area contributed by atoms with E-state index in [0.717, 1.165) is 122 Å². The lowest BCUT2D eigenvalue weighted by Crippen LogP contribution is -2.29. The van der Waals surface area contributed by atoms with E-state index in [9.17, 15) is 19.0 Å². The number of carbonyl (C=O) groups is 2. The van der Waals surface area contributed by atoms with E-state index in [1.807, 2.05) is 0 Å². The summed E-state index contributed by atoms with van der Waals surface area (Å²) in [4.78, 5) is 35.1. The van der Waals surface area contributed by atoms with Gasteiger partial charge in [0.05, 0.1) is 13.2 Å². The lowest BCUT2D eigenvalue weighted by molar-refractivity contribution is -0.161. The Hall–Kier alpha value is -3.85. The highest BCUT2D eigenvalue weighted by molar-refractivity contribution is 7.47. The van der Waals surface area contributed by atoms with Crippen LogP contribution in [0, 0.1) is 0 Å². The molecule has 9 nitrogen and oxygen atoms in total. The summed E-state index contributed by atoms with van der Waals surface area (Å²) in [7, 11) is -4.40. The summed E-state index contributed by atoms with van der Waals surface area (Å²) < 4.78 is 32.9. The number of phosphoric ester groups is 1. The lowest BCUT2D eigenvalue weighted by atomic mass is 10.1. The van der Waals surface area contributed by atoms with Crippen molar-refractivity contribution in [2.45, 2.75) is 232 Å². The first kappa shape index (κ1) is 70.1. The zero-order valence-corrected chi connectivity index (χ0v) is 47.7. The maximum Gasteiger partial charge on any atom is 0.472 e. The Kier molecular flexibility index (Phi) is 55.4. The molecule has 0 saturated heterocycles. The molecule has 0 amide bonds. The van der Waals surface area contributed by atoms with Crippen LogP contribution in [0.5, 0.6) is 0 Å². The minimum atomic E-state index is -4.40. The van der Waals surface area contributed by atoms with Gasteiger partial charge in [0.25, 0.3) is 0 Å². The highest BCUT2D eigenvalue weighted by Gasteiger charge is 2.26. The molecule has 0 aromatic rings. The van der Waals surface area contributed by atoms with Gasteiger partial charge in [-0.2, -0.15) is 0 Å². The molecular weight excluding hydrogens is 942 g/mol. The van der Waals surface area contributed by atoms with E-state index in [0.29, 0.717) is 12.8 Å². The zero-order chi connectivity index (χ0) is 53.8. The molecular formula is C64H106NO8P. The van der Waals surface area contributed by atoms with Crippen LogP contribution in [-0.4, -0.2) is 49.3 Å². The first-order chi connectivity index (χ1) is 36.3.